The van der Waals surface area contributed by atoms with Crippen molar-refractivity contribution in [1.82, 2.24) is 0 Å². The van der Waals surface area contributed by atoms with Gasteiger partial charge in [0.2, 0.25) is 0 Å². The summed E-state index contributed by atoms with van der Waals surface area (Å²) in [6.45, 7) is 6.51. The molecule has 3 heteroatoms. The predicted octanol–water partition coefficient (Wildman–Crippen LogP) is 2.72. The molecule has 2 nitrogen and oxygen atoms in total. The van der Waals surface area contributed by atoms with Crippen LogP contribution in [0, 0.1) is 11.8 Å². The third-order valence-corrected chi connectivity index (χ3v) is 4.62. The van der Waals surface area contributed by atoms with Gasteiger partial charge in [0.1, 0.15) is 0 Å². The molecule has 14 heavy (non-hydrogen) atoms. The van der Waals surface area contributed by atoms with Gasteiger partial charge in [0.15, 0.2) is 0 Å². The van der Waals surface area contributed by atoms with Gasteiger partial charge in [0.05, 0.1) is 12.5 Å². The summed E-state index contributed by atoms with van der Waals surface area (Å²) in [7, 11) is 0. The van der Waals surface area contributed by atoms with Crippen molar-refractivity contribution in [3.05, 3.63) is 0 Å². The minimum atomic E-state index is -0.0347. The molecule has 0 aromatic carbocycles. The third kappa shape index (κ3) is 2.91. The zero-order valence-corrected chi connectivity index (χ0v) is 10.1. The monoisotopic (exact) mass is 216 g/mol. The van der Waals surface area contributed by atoms with E-state index < -0.39 is 0 Å². The predicted molar refractivity (Wildman–Crippen MR) is 60.4 cm³/mol. The molecule has 0 radical (unpaired) electrons. The SMILES string of the molecule is CCOC(=O)C(C)C(C)C1CCCS1. The highest BCUT2D eigenvalue weighted by molar-refractivity contribution is 8.00. The molecule has 82 valence electrons. The number of esters is 1. The van der Waals surface area contributed by atoms with Crippen molar-refractivity contribution in [3.63, 3.8) is 0 Å². The van der Waals surface area contributed by atoms with Crippen LogP contribution in [0.1, 0.15) is 33.6 Å². The molecule has 3 unspecified atom stereocenters. The van der Waals surface area contributed by atoms with Crippen molar-refractivity contribution >= 4 is 17.7 Å². The first-order chi connectivity index (χ1) is 6.66. The molecule has 1 rings (SSSR count). The average Bonchev–Trinajstić information content (AvgIpc) is 2.68. The van der Waals surface area contributed by atoms with Gasteiger partial charge in [-0.1, -0.05) is 13.8 Å². The number of thioether (sulfide) groups is 1. The first-order valence-electron chi connectivity index (χ1n) is 5.45. The summed E-state index contributed by atoms with van der Waals surface area (Å²) in [5, 5.41) is 0.661. The molecule has 0 aromatic heterocycles. The molecule has 0 aliphatic carbocycles. The second-order valence-electron chi connectivity index (χ2n) is 3.95. The molecule has 1 saturated heterocycles. The van der Waals surface area contributed by atoms with Gasteiger partial charge < -0.3 is 4.74 Å². The summed E-state index contributed by atoms with van der Waals surface area (Å²) < 4.78 is 5.04. The Bertz CT molecular complexity index is 188. The molecule has 1 aliphatic heterocycles. The lowest BCUT2D eigenvalue weighted by atomic mass is 9.91. The van der Waals surface area contributed by atoms with Crippen molar-refractivity contribution in [2.45, 2.75) is 38.9 Å². The summed E-state index contributed by atoms with van der Waals surface area (Å²) in [6.07, 6.45) is 2.56. The van der Waals surface area contributed by atoms with E-state index in [-0.39, 0.29) is 11.9 Å². The van der Waals surface area contributed by atoms with Gasteiger partial charge in [-0.15, -0.1) is 0 Å². The zero-order chi connectivity index (χ0) is 10.6. The molecule has 1 fully saturated rings. The maximum atomic E-state index is 11.5. The highest BCUT2D eigenvalue weighted by atomic mass is 32.2. The smallest absolute Gasteiger partial charge is 0.308 e. The molecule has 0 saturated carbocycles. The van der Waals surface area contributed by atoms with Gasteiger partial charge in [-0.2, -0.15) is 11.8 Å². The minimum Gasteiger partial charge on any atom is -0.466 e. The van der Waals surface area contributed by atoms with E-state index in [9.17, 15) is 4.79 Å². The molecule has 0 bridgehead atoms. The van der Waals surface area contributed by atoms with Gasteiger partial charge in [0, 0.05) is 5.25 Å². The van der Waals surface area contributed by atoms with Crippen LogP contribution in [0.15, 0.2) is 0 Å². The number of carbonyl (C=O) groups excluding carboxylic acids is 1. The lowest BCUT2D eigenvalue weighted by molar-refractivity contribution is -0.149. The molecule has 3 atom stereocenters. The van der Waals surface area contributed by atoms with Crippen molar-refractivity contribution < 1.29 is 9.53 Å². The molecule has 1 heterocycles. The van der Waals surface area contributed by atoms with Crippen LogP contribution in [-0.2, 0) is 9.53 Å². The molecule has 0 amide bonds. The minimum absolute atomic E-state index is 0.0347. The first-order valence-corrected chi connectivity index (χ1v) is 6.50. The van der Waals surface area contributed by atoms with E-state index in [1.165, 1.54) is 18.6 Å². The number of ether oxygens (including phenoxy) is 1. The normalized spacial score (nSPS) is 25.8. The third-order valence-electron chi connectivity index (χ3n) is 3.00. The molecule has 0 aromatic rings. The van der Waals surface area contributed by atoms with Crippen LogP contribution in [0.5, 0.6) is 0 Å². The fourth-order valence-corrected chi connectivity index (χ4v) is 3.34. The number of hydrogen-bond acceptors (Lipinski definition) is 3. The Balaban J connectivity index is 2.41. The van der Waals surface area contributed by atoms with Gasteiger partial charge in [-0.25, -0.2) is 0 Å². The maximum Gasteiger partial charge on any atom is 0.308 e. The van der Waals surface area contributed by atoms with Crippen molar-refractivity contribution in [2.24, 2.45) is 11.8 Å². The zero-order valence-electron chi connectivity index (χ0n) is 9.29. The lowest BCUT2D eigenvalue weighted by Gasteiger charge is -2.23. The van der Waals surface area contributed by atoms with E-state index in [1.807, 2.05) is 25.6 Å². The Morgan fingerprint density at radius 2 is 2.29 bits per heavy atom. The Morgan fingerprint density at radius 1 is 1.57 bits per heavy atom. The fraction of sp³-hybridized carbons (Fsp3) is 0.909. The molecule has 0 N–H and O–H groups in total. The van der Waals surface area contributed by atoms with Crippen LogP contribution >= 0.6 is 11.8 Å². The van der Waals surface area contributed by atoms with Gasteiger partial charge in [-0.3, -0.25) is 4.79 Å². The topological polar surface area (TPSA) is 26.3 Å². The van der Waals surface area contributed by atoms with Crippen molar-refractivity contribution in [2.75, 3.05) is 12.4 Å². The Labute approximate surface area is 90.8 Å². The van der Waals surface area contributed by atoms with E-state index in [0.717, 1.165) is 0 Å². The molecular formula is C11H20O2S. The van der Waals surface area contributed by atoms with Crippen LogP contribution < -0.4 is 0 Å². The Hall–Kier alpha value is -0.180. The highest BCUT2D eigenvalue weighted by Crippen LogP contribution is 2.35. The standard InChI is InChI=1S/C11H20O2S/c1-4-13-11(12)9(3)8(2)10-6-5-7-14-10/h8-10H,4-7H2,1-3H3. The van der Waals surface area contributed by atoms with Crippen molar-refractivity contribution in [3.8, 4) is 0 Å². The van der Waals surface area contributed by atoms with E-state index in [4.69, 9.17) is 4.74 Å². The summed E-state index contributed by atoms with van der Waals surface area (Å²) in [4.78, 5) is 11.5. The van der Waals surface area contributed by atoms with Gasteiger partial charge >= 0.3 is 5.97 Å². The van der Waals surface area contributed by atoms with Crippen LogP contribution in [-0.4, -0.2) is 23.6 Å². The summed E-state index contributed by atoms with van der Waals surface area (Å²) in [5.41, 5.74) is 0. The van der Waals surface area contributed by atoms with E-state index in [1.54, 1.807) is 0 Å². The number of rotatable bonds is 4. The largest absolute Gasteiger partial charge is 0.466 e. The fourth-order valence-electron chi connectivity index (χ4n) is 1.83. The van der Waals surface area contributed by atoms with Crippen molar-refractivity contribution in [1.29, 1.82) is 0 Å². The highest BCUT2D eigenvalue weighted by Gasteiger charge is 2.30. The quantitative estimate of drug-likeness (QED) is 0.676. The van der Waals surface area contributed by atoms with Crippen LogP contribution in [0.25, 0.3) is 0 Å². The molecular weight excluding hydrogens is 196 g/mol. The molecule has 0 spiro atoms. The Morgan fingerprint density at radius 3 is 2.79 bits per heavy atom. The van der Waals surface area contributed by atoms with Crippen LogP contribution in [0.3, 0.4) is 0 Å². The first kappa shape index (κ1) is 11.9. The maximum absolute atomic E-state index is 11.5. The van der Waals surface area contributed by atoms with E-state index >= 15 is 0 Å². The van der Waals surface area contributed by atoms with Crippen LogP contribution in [0.4, 0.5) is 0 Å². The second kappa shape index (κ2) is 5.64. The van der Waals surface area contributed by atoms with Gasteiger partial charge in [0.25, 0.3) is 0 Å². The summed E-state index contributed by atoms with van der Waals surface area (Å²) in [5.74, 6) is 1.71. The van der Waals surface area contributed by atoms with Crippen LogP contribution in [0.2, 0.25) is 0 Å². The Kier molecular flexibility index (Phi) is 4.79. The number of carbonyl (C=O) groups is 1. The summed E-state index contributed by atoms with van der Waals surface area (Å²) >= 11 is 2.01. The average molecular weight is 216 g/mol. The number of hydrogen-bond donors (Lipinski definition) is 0. The second-order valence-corrected chi connectivity index (χ2v) is 5.30. The van der Waals surface area contributed by atoms with E-state index in [2.05, 4.69) is 6.92 Å². The lowest BCUT2D eigenvalue weighted by Crippen LogP contribution is -2.27. The van der Waals surface area contributed by atoms with Gasteiger partial charge in [-0.05, 0) is 31.4 Å². The molecule has 1 aliphatic rings. The van der Waals surface area contributed by atoms with E-state index in [0.29, 0.717) is 17.8 Å². The summed E-state index contributed by atoms with van der Waals surface area (Å²) in [6, 6.07) is 0.